The molecule has 3 aliphatic rings. The monoisotopic (exact) mass is 268 g/mol. The van der Waals surface area contributed by atoms with Crippen LogP contribution < -0.4 is 5.73 Å². The number of aliphatic carboxylic acids is 1. The maximum atomic E-state index is 11.8. The summed E-state index contributed by atoms with van der Waals surface area (Å²) in [5.41, 5.74) is 6.88. The van der Waals surface area contributed by atoms with E-state index >= 15 is 0 Å². The van der Waals surface area contributed by atoms with E-state index in [2.05, 4.69) is 0 Å². The zero-order valence-electron chi connectivity index (χ0n) is 9.96. The molecule has 0 aromatic carbocycles. The predicted octanol–water partition coefficient (Wildman–Crippen LogP) is 0.758. The summed E-state index contributed by atoms with van der Waals surface area (Å²) in [7, 11) is 0. The molecular formula is C12H16N2O3S. The SMILES string of the molecule is N[C@H]1C(=O)N2C(C(=O)O)=C(C3CCCC3)CS[C@H]12. The smallest absolute Gasteiger partial charge is 0.352 e. The first kappa shape index (κ1) is 12.0. The summed E-state index contributed by atoms with van der Waals surface area (Å²) in [5, 5.41) is 9.22. The molecule has 3 N–H and O–H groups in total. The number of carboxylic acids is 1. The van der Waals surface area contributed by atoms with E-state index in [1.807, 2.05) is 0 Å². The maximum absolute atomic E-state index is 11.8. The molecule has 5 nitrogen and oxygen atoms in total. The molecule has 0 spiro atoms. The summed E-state index contributed by atoms with van der Waals surface area (Å²) < 4.78 is 0. The molecular weight excluding hydrogens is 252 g/mol. The molecule has 18 heavy (non-hydrogen) atoms. The van der Waals surface area contributed by atoms with Gasteiger partial charge in [0, 0.05) is 5.75 Å². The lowest BCUT2D eigenvalue weighted by Gasteiger charge is -2.48. The van der Waals surface area contributed by atoms with Crippen LogP contribution >= 0.6 is 11.8 Å². The lowest BCUT2D eigenvalue weighted by atomic mass is 9.94. The lowest BCUT2D eigenvalue weighted by molar-refractivity contribution is -0.148. The molecule has 6 heteroatoms. The number of carbonyl (C=O) groups is 2. The molecule has 0 aromatic rings. The van der Waals surface area contributed by atoms with Crippen LogP contribution in [0.2, 0.25) is 0 Å². The number of carbonyl (C=O) groups excluding carboxylic acids is 1. The number of amides is 1. The van der Waals surface area contributed by atoms with Gasteiger partial charge >= 0.3 is 5.97 Å². The molecule has 3 rings (SSSR count). The topological polar surface area (TPSA) is 83.6 Å². The van der Waals surface area contributed by atoms with E-state index in [4.69, 9.17) is 5.73 Å². The standard InChI is InChI=1S/C12H16N2O3S/c13-8-10(15)14-9(12(16)17)7(5-18-11(8)14)6-3-1-2-4-6/h6,8,11H,1-5,13H2,(H,16,17)/t8-,11+/m0/s1. The number of hydrogen-bond donors (Lipinski definition) is 2. The van der Waals surface area contributed by atoms with Crippen molar-refractivity contribution in [2.45, 2.75) is 37.1 Å². The van der Waals surface area contributed by atoms with E-state index in [-0.39, 0.29) is 17.0 Å². The van der Waals surface area contributed by atoms with Gasteiger partial charge in [-0.2, -0.15) is 0 Å². The molecule has 0 bridgehead atoms. The fraction of sp³-hybridized carbons (Fsp3) is 0.667. The molecule has 2 fully saturated rings. The van der Waals surface area contributed by atoms with Crippen LogP contribution in [0.25, 0.3) is 0 Å². The summed E-state index contributed by atoms with van der Waals surface area (Å²) in [5.74, 6) is -0.189. The summed E-state index contributed by atoms with van der Waals surface area (Å²) in [6.07, 6.45) is 4.40. The Balaban J connectivity index is 1.97. The van der Waals surface area contributed by atoms with Crippen molar-refractivity contribution < 1.29 is 14.7 Å². The molecule has 2 atom stereocenters. The Bertz CT molecular complexity index is 443. The Labute approximate surface area is 109 Å². The number of hydrogen-bond acceptors (Lipinski definition) is 4. The number of fused-ring (bicyclic) bond motifs is 1. The fourth-order valence-corrected chi connectivity index (χ4v) is 4.53. The van der Waals surface area contributed by atoms with Gasteiger partial charge in [0.05, 0.1) is 0 Å². The predicted molar refractivity (Wildman–Crippen MR) is 67.7 cm³/mol. The third-order valence-corrected chi connectivity index (χ3v) is 5.41. The number of nitrogens with two attached hydrogens (primary N) is 1. The highest BCUT2D eigenvalue weighted by atomic mass is 32.2. The molecule has 1 amide bonds. The Hall–Kier alpha value is -1.01. The molecule has 2 aliphatic heterocycles. The molecule has 0 unspecified atom stereocenters. The van der Waals surface area contributed by atoms with Crippen molar-refractivity contribution in [3.8, 4) is 0 Å². The van der Waals surface area contributed by atoms with Crippen molar-refractivity contribution in [3.05, 3.63) is 11.3 Å². The highest BCUT2D eigenvalue weighted by Gasteiger charge is 2.52. The highest BCUT2D eigenvalue weighted by molar-refractivity contribution is 8.00. The van der Waals surface area contributed by atoms with Gasteiger partial charge in [-0.15, -0.1) is 11.8 Å². The number of carboxylic acid groups (broad SMARTS) is 1. The second kappa shape index (κ2) is 4.28. The molecule has 1 aliphatic carbocycles. The Kier molecular flexibility index (Phi) is 2.86. The van der Waals surface area contributed by atoms with Crippen LogP contribution in [0.1, 0.15) is 25.7 Å². The van der Waals surface area contributed by atoms with Crippen LogP contribution in [0.15, 0.2) is 11.3 Å². The first-order valence-electron chi connectivity index (χ1n) is 6.28. The van der Waals surface area contributed by atoms with Gasteiger partial charge < -0.3 is 10.8 Å². The van der Waals surface area contributed by atoms with Crippen molar-refractivity contribution in [2.24, 2.45) is 11.7 Å². The van der Waals surface area contributed by atoms with Gasteiger partial charge in [0.2, 0.25) is 5.91 Å². The van der Waals surface area contributed by atoms with Gasteiger partial charge in [-0.3, -0.25) is 9.69 Å². The zero-order chi connectivity index (χ0) is 12.9. The minimum Gasteiger partial charge on any atom is -0.477 e. The average Bonchev–Trinajstić information content (AvgIpc) is 2.89. The van der Waals surface area contributed by atoms with Gasteiger partial charge in [-0.05, 0) is 24.3 Å². The van der Waals surface area contributed by atoms with Gasteiger partial charge in [0.1, 0.15) is 17.1 Å². The molecule has 2 heterocycles. The van der Waals surface area contributed by atoms with Crippen molar-refractivity contribution >= 4 is 23.6 Å². The molecule has 1 saturated heterocycles. The summed E-state index contributed by atoms with van der Waals surface area (Å²) in [4.78, 5) is 24.6. The first-order chi connectivity index (χ1) is 8.61. The third-order valence-electron chi connectivity index (χ3n) is 4.09. The van der Waals surface area contributed by atoms with Gasteiger partial charge in [-0.1, -0.05) is 12.8 Å². The maximum Gasteiger partial charge on any atom is 0.352 e. The lowest BCUT2D eigenvalue weighted by Crippen LogP contribution is -2.68. The second-order valence-electron chi connectivity index (χ2n) is 5.10. The molecule has 98 valence electrons. The van der Waals surface area contributed by atoms with Crippen molar-refractivity contribution in [1.82, 2.24) is 4.90 Å². The normalized spacial score (nSPS) is 32.5. The van der Waals surface area contributed by atoms with Crippen LogP contribution in [-0.2, 0) is 9.59 Å². The van der Waals surface area contributed by atoms with Crippen molar-refractivity contribution in [3.63, 3.8) is 0 Å². The Morgan fingerprint density at radius 3 is 2.67 bits per heavy atom. The van der Waals surface area contributed by atoms with Crippen molar-refractivity contribution in [1.29, 1.82) is 0 Å². The van der Waals surface area contributed by atoms with Crippen molar-refractivity contribution in [2.75, 3.05) is 5.75 Å². The fourth-order valence-electron chi connectivity index (χ4n) is 3.13. The number of thioether (sulfide) groups is 1. The van der Waals surface area contributed by atoms with Crippen LogP contribution in [0.5, 0.6) is 0 Å². The summed E-state index contributed by atoms with van der Waals surface area (Å²) in [6.45, 7) is 0. The van der Waals surface area contributed by atoms with Crippen LogP contribution in [-0.4, -0.2) is 39.1 Å². The molecule has 0 aromatic heterocycles. The number of rotatable bonds is 2. The Morgan fingerprint density at radius 2 is 2.06 bits per heavy atom. The summed E-state index contributed by atoms with van der Waals surface area (Å²) >= 11 is 1.60. The average molecular weight is 268 g/mol. The van der Waals surface area contributed by atoms with E-state index in [1.165, 1.54) is 4.90 Å². The van der Waals surface area contributed by atoms with Crippen LogP contribution in [0.4, 0.5) is 0 Å². The van der Waals surface area contributed by atoms with E-state index in [9.17, 15) is 14.7 Å². The van der Waals surface area contributed by atoms with Gasteiger partial charge in [0.25, 0.3) is 0 Å². The quantitative estimate of drug-likeness (QED) is 0.722. The number of nitrogens with zero attached hydrogens (tertiary/aromatic N) is 1. The van der Waals surface area contributed by atoms with E-state index in [0.29, 0.717) is 11.7 Å². The van der Waals surface area contributed by atoms with E-state index in [0.717, 1.165) is 31.3 Å². The van der Waals surface area contributed by atoms with Crippen LogP contribution in [0, 0.1) is 5.92 Å². The van der Waals surface area contributed by atoms with E-state index in [1.54, 1.807) is 11.8 Å². The zero-order valence-corrected chi connectivity index (χ0v) is 10.8. The molecule has 1 saturated carbocycles. The second-order valence-corrected chi connectivity index (χ2v) is 6.20. The van der Waals surface area contributed by atoms with Gasteiger partial charge in [0.15, 0.2) is 0 Å². The minimum absolute atomic E-state index is 0.172. The summed E-state index contributed by atoms with van der Waals surface area (Å²) in [6, 6.07) is -0.533. The first-order valence-corrected chi connectivity index (χ1v) is 7.32. The Morgan fingerprint density at radius 1 is 1.39 bits per heavy atom. The number of β-lactam (4-membered cyclic amide) rings is 1. The van der Waals surface area contributed by atoms with Crippen LogP contribution in [0.3, 0.4) is 0 Å². The van der Waals surface area contributed by atoms with E-state index < -0.39 is 12.0 Å². The highest BCUT2D eigenvalue weighted by Crippen LogP contribution is 2.44. The van der Waals surface area contributed by atoms with Gasteiger partial charge in [-0.25, -0.2) is 4.79 Å². The minimum atomic E-state index is -0.984. The largest absolute Gasteiger partial charge is 0.477 e. The molecule has 0 radical (unpaired) electrons. The third kappa shape index (κ3) is 1.59.